The van der Waals surface area contributed by atoms with Crippen LogP contribution in [0.3, 0.4) is 0 Å². The number of rotatable bonds is 18. The number of halogens is 9. The summed E-state index contributed by atoms with van der Waals surface area (Å²) >= 11 is 15.8. The van der Waals surface area contributed by atoms with Gasteiger partial charge in [-0.05, 0) is 103 Å². The Kier molecular flexibility index (Phi) is 14.2. The van der Waals surface area contributed by atoms with Crippen LogP contribution in [0.15, 0.2) is 89.7 Å². The van der Waals surface area contributed by atoms with E-state index in [0.29, 0.717) is 47.7 Å². The van der Waals surface area contributed by atoms with Crippen molar-refractivity contribution in [1.82, 2.24) is 19.9 Å². The summed E-state index contributed by atoms with van der Waals surface area (Å²) in [7, 11) is -5.80. The third-order valence-electron chi connectivity index (χ3n) is 11.5. The summed E-state index contributed by atoms with van der Waals surface area (Å²) in [5.41, 5.74) is 0.436. The maximum absolute atomic E-state index is 15.7. The second kappa shape index (κ2) is 19.6. The van der Waals surface area contributed by atoms with Gasteiger partial charge in [-0.2, -0.15) is 27.5 Å². The van der Waals surface area contributed by atoms with Crippen molar-refractivity contribution in [2.24, 2.45) is 11.3 Å². The van der Waals surface area contributed by atoms with E-state index >= 15 is 4.39 Å². The number of para-hydroxylation sites is 2. The molecule has 4 aromatic carbocycles. The molecule has 1 saturated carbocycles. The summed E-state index contributed by atoms with van der Waals surface area (Å²) in [4.78, 5) is 18.7. The molecule has 2 fully saturated rings. The Balaban J connectivity index is 0.940. The Morgan fingerprint density at radius 3 is 1.78 bits per heavy atom. The molecule has 0 bridgehead atoms. The van der Waals surface area contributed by atoms with Crippen LogP contribution < -0.4 is 46.2 Å². The van der Waals surface area contributed by atoms with Gasteiger partial charge < -0.3 is 44.8 Å². The van der Waals surface area contributed by atoms with E-state index in [4.69, 9.17) is 27.9 Å². The van der Waals surface area contributed by atoms with E-state index in [0.717, 1.165) is 18.6 Å². The molecule has 2 aromatic heterocycles. The fraction of sp³-hybridized carbons (Fsp3) is 0.273. The molecule has 0 radical (unpaired) electrons. The number of hydrogen-bond acceptors (Lipinski definition) is 13. The maximum atomic E-state index is 15.7. The van der Waals surface area contributed by atoms with Crippen molar-refractivity contribution >= 4 is 116 Å². The van der Waals surface area contributed by atoms with E-state index < -0.39 is 50.6 Å². The molecule has 8 rings (SSSR count). The second-order valence-corrected chi connectivity index (χ2v) is 24.6. The fourth-order valence-corrected chi connectivity index (χ4v) is 12.1. The molecule has 13 nitrogen and oxygen atoms in total. The van der Waals surface area contributed by atoms with Crippen molar-refractivity contribution < 1.29 is 44.9 Å². The first-order valence-electron chi connectivity index (χ1n) is 20.6. The molecule has 4 N–H and O–H groups in total. The highest BCUT2D eigenvalue weighted by Gasteiger charge is 2.61. The Bertz CT molecular complexity index is 2990. The molecule has 6 aromatic rings. The number of alkyl halides is 4. The van der Waals surface area contributed by atoms with Crippen LogP contribution in [0.25, 0.3) is 0 Å². The number of hydrogen-bond donors (Lipinski definition) is 4. The highest BCUT2D eigenvalue weighted by atomic mass is 79.9. The molecule has 2 unspecified atom stereocenters. The lowest BCUT2D eigenvalue weighted by Gasteiger charge is -2.43. The van der Waals surface area contributed by atoms with Crippen molar-refractivity contribution in [3.8, 4) is 11.5 Å². The lowest BCUT2D eigenvalue weighted by molar-refractivity contribution is -0.0504. The first kappa shape index (κ1) is 49.2. The third-order valence-corrected chi connectivity index (χ3v) is 16.9. The van der Waals surface area contributed by atoms with Gasteiger partial charge >= 0.3 is 13.2 Å². The zero-order chi connectivity index (χ0) is 48.7. The predicted molar refractivity (Wildman–Crippen MR) is 258 cm³/mol. The highest BCUT2D eigenvalue weighted by molar-refractivity contribution is 9.10. The summed E-state index contributed by atoms with van der Waals surface area (Å²) in [5.74, 6) is -2.37. The smallest absolute Gasteiger partial charge is 0.387 e. The minimum atomic E-state index is -3.30. The first-order valence-corrected chi connectivity index (χ1v) is 27.1. The van der Waals surface area contributed by atoms with Crippen LogP contribution in [0.5, 0.6) is 11.5 Å². The molecular weight excluding hydrogens is 1050 g/mol. The minimum Gasteiger partial charge on any atom is -0.431 e. The Labute approximate surface area is 404 Å². The molecule has 1 spiro atoms. The predicted octanol–water partition coefficient (Wildman–Crippen LogP) is 12.6. The van der Waals surface area contributed by atoms with E-state index in [1.54, 1.807) is 73.4 Å². The highest BCUT2D eigenvalue weighted by Crippen LogP contribution is 2.63. The van der Waals surface area contributed by atoms with Gasteiger partial charge in [-0.25, -0.2) is 18.7 Å². The largest absolute Gasteiger partial charge is 0.431 e. The summed E-state index contributed by atoms with van der Waals surface area (Å²) in [6.45, 7) is -0.964. The molecule has 24 heteroatoms. The van der Waals surface area contributed by atoms with Crippen LogP contribution in [0.2, 0.25) is 10.0 Å². The number of anilines is 9. The van der Waals surface area contributed by atoms with Crippen LogP contribution in [0.1, 0.15) is 12.8 Å². The molecule has 68 heavy (non-hydrogen) atoms. The average Bonchev–Trinajstić information content (AvgIpc) is 4.00. The first-order chi connectivity index (χ1) is 32.2. The topological polar surface area (TPSA) is 156 Å². The maximum Gasteiger partial charge on any atom is 0.387 e. The van der Waals surface area contributed by atoms with E-state index in [-0.39, 0.29) is 66.4 Å². The van der Waals surface area contributed by atoms with Gasteiger partial charge in [-0.1, -0.05) is 47.5 Å². The van der Waals surface area contributed by atoms with Crippen molar-refractivity contribution in [2.75, 3.05) is 65.4 Å². The van der Waals surface area contributed by atoms with Crippen LogP contribution in [-0.2, 0) is 9.13 Å². The molecule has 3 heterocycles. The van der Waals surface area contributed by atoms with Crippen molar-refractivity contribution in [3.05, 3.63) is 111 Å². The minimum absolute atomic E-state index is 0.0278. The van der Waals surface area contributed by atoms with Gasteiger partial charge in [0.05, 0.1) is 39.6 Å². The van der Waals surface area contributed by atoms with Gasteiger partial charge in [0.2, 0.25) is 11.9 Å². The standard InChI is InChI=1S/C44H40BrCl2F6N9O4P2/c1-67(2,63)32-10-6-4-8-28(32)56-38-24(46)19-55-43(60-38)59-31-15-13-27(49)35(37(31)66-41(52)53)62-21-44(22-62)18-23(44)16-17-68(3,64)33-11-7-5-9-29(33)57-39-25(47)20-54-42(61-39)58-30-14-12-26(48)34(45)36(30)65-40(50)51/h4-15,19-20,23,40-41H,16-18,21-22H2,1-3H3,(H2,54,57,58,61)(H2,55,56,59,60). The normalized spacial score (nSPS) is 16.0. The van der Waals surface area contributed by atoms with Crippen molar-refractivity contribution in [2.45, 2.75) is 26.1 Å². The van der Waals surface area contributed by atoms with Crippen molar-refractivity contribution in [3.63, 3.8) is 0 Å². The van der Waals surface area contributed by atoms with Gasteiger partial charge in [0.1, 0.15) is 41.7 Å². The summed E-state index contributed by atoms with van der Waals surface area (Å²) in [5, 5.41) is 13.1. The molecule has 2 aliphatic rings. The van der Waals surface area contributed by atoms with Gasteiger partial charge in [0.25, 0.3) is 0 Å². The number of aromatic nitrogens is 4. The number of ether oxygens (including phenoxy) is 2. The molecule has 1 aliphatic heterocycles. The van der Waals surface area contributed by atoms with Crippen LogP contribution in [0.4, 0.5) is 78.3 Å². The Morgan fingerprint density at radius 2 is 1.22 bits per heavy atom. The SMILES string of the molecule is CP(C)(=O)c1ccccc1Nc1nc(Nc2ccc(F)c(N3CC4(CC4CCP(C)(=O)c4ccccc4Nc4nc(Nc5ccc(F)c(Br)c5OC(F)F)ncc4Cl)C3)c2OC(F)F)ncc1Cl. The van der Waals surface area contributed by atoms with Crippen LogP contribution in [-0.4, -0.2) is 72.4 Å². The molecule has 358 valence electrons. The third kappa shape index (κ3) is 10.8. The molecule has 2 atom stereocenters. The number of nitrogens with one attached hydrogen (secondary N) is 4. The lowest BCUT2D eigenvalue weighted by atomic mass is 9.91. The molecular formula is C44H40BrCl2F6N9O4P2. The van der Waals surface area contributed by atoms with Crippen LogP contribution >= 0.6 is 53.4 Å². The van der Waals surface area contributed by atoms with Crippen molar-refractivity contribution in [1.29, 1.82) is 0 Å². The number of benzene rings is 4. The lowest BCUT2D eigenvalue weighted by Crippen LogP contribution is -2.50. The zero-order valence-corrected chi connectivity index (χ0v) is 40.9. The fourth-order valence-electron chi connectivity index (χ4n) is 8.17. The van der Waals surface area contributed by atoms with Gasteiger partial charge in [-0.15, -0.1) is 0 Å². The molecule has 0 amide bonds. The van der Waals surface area contributed by atoms with E-state index in [2.05, 4.69) is 61.9 Å². The van der Waals surface area contributed by atoms with E-state index in [9.17, 15) is 31.1 Å². The van der Waals surface area contributed by atoms with Gasteiger partial charge in [0.15, 0.2) is 23.1 Å². The van der Waals surface area contributed by atoms with Gasteiger partial charge in [-0.3, -0.25) is 0 Å². The second-order valence-electron chi connectivity index (χ2n) is 16.7. The average molecular weight is 1090 g/mol. The quantitative estimate of drug-likeness (QED) is 0.0477. The van der Waals surface area contributed by atoms with Crippen LogP contribution in [0, 0.1) is 23.0 Å². The van der Waals surface area contributed by atoms with Gasteiger partial charge in [0, 0.05) is 35.3 Å². The van der Waals surface area contributed by atoms with E-state index in [1.165, 1.54) is 24.5 Å². The number of nitrogens with zero attached hydrogens (tertiary/aromatic N) is 5. The molecule has 1 saturated heterocycles. The monoisotopic (exact) mass is 1080 g/mol. The molecule has 1 aliphatic carbocycles. The Morgan fingerprint density at radius 1 is 0.721 bits per heavy atom. The summed E-state index contributed by atoms with van der Waals surface area (Å²) < 4.78 is 121. The Hall–Kier alpha value is -5.26. The zero-order valence-electron chi connectivity index (χ0n) is 36.0. The summed E-state index contributed by atoms with van der Waals surface area (Å²) in [6, 6.07) is 18.4. The van der Waals surface area contributed by atoms with E-state index in [1.807, 2.05) is 0 Å². The summed E-state index contributed by atoms with van der Waals surface area (Å²) in [6.07, 6.45) is 4.17.